The Labute approximate surface area is 77.5 Å². The number of ether oxygens (including phenoxy) is 1. The summed E-state index contributed by atoms with van der Waals surface area (Å²) in [4.78, 5) is 13.1. The highest BCUT2D eigenvalue weighted by Gasteiger charge is 2.43. The molecule has 1 amide bonds. The lowest BCUT2D eigenvalue weighted by Crippen LogP contribution is -2.47. The number of rotatable bonds is 0. The molecule has 2 aliphatic rings. The predicted molar refractivity (Wildman–Crippen MR) is 44.8 cm³/mol. The van der Waals surface area contributed by atoms with Crippen LogP contribution in [0.1, 0.15) is 25.7 Å². The van der Waals surface area contributed by atoms with E-state index in [4.69, 9.17) is 4.74 Å². The average molecular weight is 184 g/mol. The Hall–Kier alpha value is -0.770. The predicted octanol–water partition coefficient (Wildman–Crippen LogP) is 1.18. The Bertz CT molecular complexity index is 205. The lowest BCUT2D eigenvalue weighted by molar-refractivity contribution is -0.00340. The maximum absolute atomic E-state index is 11.3. The molecule has 0 aromatic rings. The molecule has 1 radical (unpaired) electrons. The molecule has 2 atom stereocenters. The summed E-state index contributed by atoms with van der Waals surface area (Å²) < 4.78 is 4.69. The van der Waals surface area contributed by atoms with Gasteiger partial charge in [0.05, 0.1) is 13.2 Å². The Balaban J connectivity index is 2.10. The van der Waals surface area contributed by atoms with Crippen LogP contribution in [0.2, 0.25) is 0 Å². The van der Waals surface area contributed by atoms with Crippen molar-refractivity contribution in [2.75, 3.05) is 7.11 Å². The molecule has 0 N–H and O–H groups in total. The molecule has 0 aromatic heterocycles. The lowest BCUT2D eigenvalue weighted by atomic mass is 10.0. The first-order valence-corrected chi connectivity index (χ1v) is 4.74. The van der Waals surface area contributed by atoms with Crippen LogP contribution in [0.5, 0.6) is 0 Å². The number of hydrogen-bond acceptors (Lipinski definition) is 2. The first-order valence-electron chi connectivity index (χ1n) is 4.74. The third-order valence-corrected chi connectivity index (χ3v) is 3.08. The number of carbonyl (C=O) groups excluding carboxylic acids is 1. The van der Waals surface area contributed by atoms with E-state index in [0.29, 0.717) is 12.8 Å². The first-order chi connectivity index (χ1) is 6.22. The third-order valence-electron chi connectivity index (χ3n) is 3.08. The Morgan fingerprint density at radius 2 is 1.85 bits per heavy atom. The molecule has 4 nitrogen and oxygen atoms in total. The van der Waals surface area contributed by atoms with E-state index in [9.17, 15) is 9.90 Å². The normalized spacial score (nSPS) is 37.7. The van der Waals surface area contributed by atoms with Crippen LogP contribution in [0.15, 0.2) is 0 Å². The zero-order valence-electron chi connectivity index (χ0n) is 7.73. The quantitative estimate of drug-likeness (QED) is 0.567. The maximum atomic E-state index is 11.3. The minimum Gasteiger partial charge on any atom is -0.453 e. The molecule has 0 saturated carbocycles. The molecular formula is C9H14NO3. The number of piperidine rings is 1. The number of amides is 1. The minimum atomic E-state index is -0.474. The van der Waals surface area contributed by atoms with Gasteiger partial charge >= 0.3 is 6.09 Å². The number of nitrogens with zero attached hydrogens (tertiary/aromatic N) is 1. The fourth-order valence-electron chi connectivity index (χ4n) is 2.53. The zero-order valence-corrected chi connectivity index (χ0v) is 7.73. The summed E-state index contributed by atoms with van der Waals surface area (Å²) in [5, 5.41) is 11.3. The van der Waals surface area contributed by atoms with Crippen LogP contribution in [0.25, 0.3) is 0 Å². The molecule has 4 heteroatoms. The monoisotopic (exact) mass is 184 g/mol. The molecule has 0 aromatic carbocycles. The van der Waals surface area contributed by atoms with Crippen LogP contribution in [0.3, 0.4) is 0 Å². The summed E-state index contributed by atoms with van der Waals surface area (Å²) in [6.07, 6.45) is 2.41. The van der Waals surface area contributed by atoms with E-state index in [1.54, 1.807) is 4.90 Å². The van der Waals surface area contributed by atoms with E-state index in [1.807, 2.05) is 0 Å². The molecular weight excluding hydrogens is 170 g/mol. The smallest absolute Gasteiger partial charge is 0.409 e. The molecule has 2 rings (SSSR count). The van der Waals surface area contributed by atoms with Gasteiger partial charge in [0.15, 0.2) is 0 Å². The lowest BCUT2D eigenvalue weighted by Gasteiger charge is -2.35. The van der Waals surface area contributed by atoms with E-state index >= 15 is 0 Å². The maximum Gasteiger partial charge on any atom is 0.409 e. The number of hydrogen-bond donors (Lipinski definition) is 0. The molecule has 2 unspecified atom stereocenters. The van der Waals surface area contributed by atoms with Gasteiger partial charge in [-0.25, -0.2) is 9.90 Å². The van der Waals surface area contributed by atoms with Crippen LogP contribution in [0, 0.1) is 0 Å². The SMILES string of the molecule is COC(=O)N1C2CCC1CC([O])C2. The summed E-state index contributed by atoms with van der Waals surface area (Å²) in [5.74, 6) is 0. The van der Waals surface area contributed by atoms with Crippen molar-refractivity contribution in [2.45, 2.75) is 43.9 Å². The van der Waals surface area contributed by atoms with Gasteiger partial charge in [-0.1, -0.05) is 0 Å². The van der Waals surface area contributed by atoms with Crippen molar-refractivity contribution in [2.24, 2.45) is 0 Å². The van der Waals surface area contributed by atoms with Crippen molar-refractivity contribution in [3.63, 3.8) is 0 Å². The van der Waals surface area contributed by atoms with Crippen molar-refractivity contribution in [1.82, 2.24) is 4.90 Å². The van der Waals surface area contributed by atoms with Gasteiger partial charge in [0.1, 0.15) is 0 Å². The largest absolute Gasteiger partial charge is 0.453 e. The van der Waals surface area contributed by atoms with Crippen LogP contribution in [0.4, 0.5) is 4.79 Å². The van der Waals surface area contributed by atoms with Gasteiger partial charge in [0.2, 0.25) is 0 Å². The number of carbonyl (C=O) groups is 1. The van der Waals surface area contributed by atoms with Gasteiger partial charge in [0.25, 0.3) is 0 Å². The standard InChI is InChI=1S/C9H14NO3/c1-13-9(12)10-6-2-3-7(10)5-8(11)4-6/h6-8H,2-5H2,1H3. The van der Waals surface area contributed by atoms with Gasteiger partial charge in [-0.3, -0.25) is 0 Å². The average Bonchev–Trinajstić information content (AvgIpc) is 2.37. The summed E-state index contributed by atoms with van der Waals surface area (Å²) in [5.41, 5.74) is 0. The second kappa shape index (κ2) is 3.18. The van der Waals surface area contributed by atoms with E-state index in [-0.39, 0.29) is 18.2 Å². The zero-order chi connectivity index (χ0) is 9.42. The second-order valence-corrected chi connectivity index (χ2v) is 3.86. The third kappa shape index (κ3) is 1.39. The van der Waals surface area contributed by atoms with E-state index in [0.717, 1.165) is 12.8 Å². The van der Waals surface area contributed by atoms with Crippen LogP contribution in [-0.4, -0.2) is 36.3 Å². The topological polar surface area (TPSA) is 49.4 Å². The molecule has 2 heterocycles. The fourth-order valence-corrected chi connectivity index (χ4v) is 2.53. The summed E-state index contributed by atoms with van der Waals surface area (Å²) in [6, 6.07) is 0.294. The highest BCUT2D eigenvalue weighted by molar-refractivity contribution is 5.69. The van der Waals surface area contributed by atoms with Crippen molar-refractivity contribution >= 4 is 6.09 Å². The molecule has 2 saturated heterocycles. The molecule has 0 spiro atoms. The van der Waals surface area contributed by atoms with Gasteiger partial charge in [0, 0.05) is 12.1 Å². The van der Waals surface area contributed by atoms with Crippen molar-refractivity contribution in [1.29, 1.82) is 0 Å². The molecule has 2 aliphatic heterocycles. The van der Waals surface area contributed by atoms with Gasteiger partial charge in [-0.05, 0) is 25.7 Å². The van der Waals surface area contributed by atoms with Crippen molar-refractivity contribution in [3.05, 3.63) is 0 Å². The Kier molecular flexibility index (Phi) is 2.15. The second-order valence-electron chi connectivity index (χ2n) is 3.86. The van der Waals surface area contributed by atoms with Gasteiger partial charge in [-0.2, -0.15) is 0 Å². The summed E-state index contributed by atoms with van der Waals surface area (Å²) in [6.45, 7) is 0. The molecule has 0 aliphatic carbocycles. The van der Waals surface area contributed by atoms with Gasteiger partial charge < -0.3 is 9.64 Å². The Morgan fingerprint density at radius 3 is 2.31 bits per heavy atom. The molecule has 73 valence electrons. The van der Waals surface area contributed by atoms with Crippen molar-refractivity contribution < 1.29 is 14.6 Å². The van der Waals surface area contributed by atoms with Gasteiger partial charge in [-0.15, -0.1) is 0 Å². The summed E-state index contributed by atoms with van der Waals surface area (Å²) >= 11 is 0. The van der Waals surface area contributed by atoms with Crippen LogP contribution in [-0.2, 0) is 9.84 Å². The van der Waals surface area contributed by atoms with E-state index in [1.165, 1.54) is 7.11 Å². The van der Waals surface area contributed by atoms with Crippen LogP contribution >= 0.6 is 0 Å². The van der Waals surface area contributed by atoms with Crippen molar-refractivity contribution in [3.8, 4) is 0 Å². The van der Waals surface area contributed by atoms with E-state index in [2.05, 4.69) is 0 Å². The van der Waals surface area contributed by atoms with E-state index < -0.39 is 6.10 Å². The summed E-state index contributed by atoms with van der Waals surface area (Å²) in [7, 11) is 1.39. The number of methoxy groups -OCH3 is 1. The van der Waals surface area contributed by atoms with Crippen LogP contribution < -0.4 is 0 Å². The first kappa shape index (κ1) is 8.81. The molecule has 2 fully saturated rings. The molecule has 2 bridgehead atoms. The highest BCUT2D eigenvalue weighted by atomic mass is 16.5. The minimum absolute atomic E-state index is 0.147. The fraction of sp³-hybridized carbons (Fsp3) is 0.889. The molecule has 13 heavy (non-hydrogen) atoms. The Morgan fingerprint density at radius 1 is 1.31 bits per heavy atom. The highest BCUT2D eigenvalue weighted by Crippen LogP contribution is 2.36. The number of fused-ring (bicyclic) bond motifs is 2.